The monoisotopic (exact) mass is 448 g/mol. The molecule has 7 heteroatoms. The van der Waals surface area contributed by atoms with Gasteiger partial charge in [0, 0.05) is 23.4 Å². The minimum absolute atomic E-state index is 0.0426. The van der Waals surface area contributed by atoms with E-state index in [4.69, 9.17) is 11.6 Å². The van der Waals surface area contributed by atoms with Crippen molar-refractivity contribution in [2.45, 2.75) is 5.38 Å². The Bertz CT molecular complexity index is 896. The quantitative estimate of drug-likeness (QED) is 0.516. The number of fused-ring (bicyclic) bond motifs is 1. The summed E-state index contributed by atoms with van der Waals surface area (Å²) in [4.78, 5) is 13.1. The van der Waals surface area contributed by atoms with E-state index in [-0.39, 0.29) is 11.1 Å². The van der Waals surface area contributed by atoms with E-state index in [2.05, 4.69) is 31.9 Å². The number of nitrogens with zero attached hydrogens (tertiary/aromatic N) is 2. The molecule has 21 heavy (non-hydrogen) atoms. The lowest BCUT2D eigenvalue weighted by Gasteiger charge is -2.11. The first-order valence-electron chi connectivity index (χ1n) is 6.14. The number of imidazole rings is 1. The molecule has 0 aliphatic carbocycles. The molecule has 110 valence electrons. The first-order valence-corrected chi connectivity index (χ1v) is 8.98. The molecular weight excluding hydrogens is 439 g/mol. The molecule has 0 aliphatic rings. The summed E-state index contributed by atoms with van der Waals surface area (Å²) in [5, 5.41) is -0.254. The zero-order chi connectivity index (χ0) is 15.3. The standard InChI is InChI=1S/C14H11Br2ClN2OS/c1-18-9-5-7(13(17)11-3-4-12(16)21-11)8(15)6-10(9)19(2)14(18)20/h3-6,13H,1-2H3. The van der Waals surface area contributed by atoms with Gasteiger partial charge < -0.3 is 0 Å². The Morgan fingerprint density at radius 3 is 2.33 bits per heavy atom. The van der Waals surface area contributed by atoms with Crippen LogP contribution in [0.2, 0.25) is 0 Å². The lowest BCUT2D eigenvalue weighted by atomic mass is 10.1. The number of aryl methyl sites for hydroxylation is 2. The third kappa shape index (κ3) is 2.52. The molecule has 0 N–H and O–H groups in total. The lowest BCUT2D eigenvalue weighted by molar-refractivity contribution is 0.795. The van der Waals surface area contributed by atoms with Gasteiger partial charge in [0.05, 0.1) is 20.2 Å². The van der Waals surface area contributed by atoms with Gasteiger partial charge in [0.25, 0.3) is 0 Å². The summed E-state index contributed by atoms with van der Waals surface area (Å²) in [5.74, 6) is 0. The van der Waals surface area contributed by atoms with Crippen LogP contribution in [0.15, 0.2) is 37.3 Å². The molecule has 3 aromatic rings. The van der Waals surface area contributed by atoms with Crippen LogP contribution in [0.3, 0.4) is 0 Å². The van der Waals surface area contributed by atoms with Gasteiger partial charge in [0.15, 0.2) is 0 Å². The Morgan fingerprint density at radius 2 is 1.76 bits per heavy atom. The van der Waals surface area contributed by atoms with Crippen molar-refractivity contribution >= 4 is 65.8 Å². The van der Waals surface area contributed by atoms with Crippen molar-refractivity contribution in [2.75, 3.05) is 0 Å². The molecule has 0 radical (unpaired) electrons. The zero-order valence-electron chi connectivity index (χ0n) is 11.2. The third-order valence-corrected chi connectivity index (χ3v) is 6.48. The fraction of sp³-hybridized carbons (Fsp3) is 0.214. The van der Waals surface area contributed by atoms with Gasteiger partial charge in [-0.3, -0.25) is 9.13 Å². The summed E-state index contributed by atoms with van der Waals surface area (Å²) < 4.78 is 5.22. The molecule has 2 heterocycles. The second-order valence-electron chi connectivity index (χ2n) is 4.77. The molecule has 3 nitrogen and oxygen atoms in total. The van der Waals surface area contributed by atoms with Gasteiger partial charge in [0.1, 0.15) is 0 Å². The minimum atomic E-state index is -0.254. The van der Waals surface area contributed by atoms with Crippen LogP contribution in [0.4, 0.5) is 0 Å². The molecule has 0 amide bonds. The maximum Gasteiger partial charge on any atom is 0.328 e. The summed E-state index contributed by atoms with van der Waals surface area (Å²) in [6.07, 6.45) is 0. The number of aromatic nitrogens is 2. The fourth-order valence-corrected chi connectivity index (χ4v) is 4.85. The topological polar surface area (TPSA) is 26.9 Å². The second-order valence-corrected chi connectivity index (χ2v) is 8.55. The van der Waals surface area contributed by atoms with Gasteiger partial charge in [-0.25, -0.2) is 4.79 Å². The number of benzene rings is 1. The molecular formula is C14H11Br2ClN2OS. The van der Waals surface area contributed by atoms with E-state index < -0.39 is 0 Å². The van der Waals surface area contributed by atoms with Crippen LogP contribution in [-0.4, -0.2) is 9.13 Å². The van der Waals surface area contributed by atoms with Crippen molar-refractivity contribution in [2.24, 2.45) is 14.1 Å². The van der Waals surface area contributed by atoms with E-state index in [0.29, 0.717) is 0 Å². The molecule has 1 unspecified atom stereocenters. The highest BCUT2D eigenvalue weighted by Gasteiger charge is 2.19. The van der Waals surface area contributed by atoms with Crippen molar-refractivity contribution in [1.82, 2.24) is 9.13 Å². The maximum absolute atomic E-state index is 12.0. The highest BCUT2D eigenvalue weighted by molar-refractivity contribution is 9.11. The number of thiophene rings is 1. The van der Waals surface area contributed by atoms with Crippen molar-refractivity contribution in [1.29, 1.82) is 0 Å². The number of rotatable bonds is 2. The molecule has 3 rings (SSSR count). The Morgan fingerprint density at radius 1 is 1.14 bits per heavy atom. The number of hydrogen-bond donors (Lipinski definition) is 0. The maximum atomic E-state index is 12.0. The Kier molecular flexibility index (Phi) is 4.07. The molecule has 0 saturated heterocycles. The minimum Gasteiger partial charge on any atom is -0.295 e. The molecule has 1 atom stereocenters. The van der Waals surface area contributed by atoms with Crippen LogP contribution in [0, 0.1) is 0 Å². The summed E-state index contributed by atoms with van der Waals surface area (Å²) in [7, 11) is 3.54. The van der Waals surface area contributed by atoms with Gasteiger partial charge in [-0.05, 0) is 45.8 Å². The normalized spacial score (nSPS) is 13.0. The second kappa shape index (κ2) is 5.57. The molecule has 0 fully saturated rings. The van der Waals surface area contributed by atoms with Gasteiger partial charge in [-0.2, -0.15) is 0 Å². The Hall–Kier alpha value is -0.560. The number of halogens is 3. The van der Waals surface area contributed by atoms with E-state index >= 15 is 0 Å². The van der Waals surface area contributed by atoms with Crippen molar-refractivity contribution < 1.29 is 0 Å². The molecule has 2 aromatic heterocycles. The average Bonchev–Trinajstić information content (AvgIpc) is 2.97. The Labute approximate surface area is 147 Å². The molecule has 0 saturated carbocycles. The van der Waals surface area contributed by atoms with Crippen LogP contribution in [0.5, 0.6) is 0 Å². The first-order chi connectivity index (χ1) is 9.90. The van der Waals surface area contributed by atoms with Gasteiger partial charge in [0.2, 0.25) is 0 Å². The third-order valence-electron chi connectivity index (χ3n) is 3.51. The highest BCUT2D eigenvalue weighted by atomic mass is 79.9. The van der Waals surface area contributed by atoms with Crippen LogP contribution < -0.4 is 5.69 Å². The number of alkyl halides is 1. The summed E-state index contributed by atoms with van der Waals surface area (Å²) in [6, 6.07) is 7.92. The van der Waals surface area contributed by atoms with Crippen LogP contribution in [-0.2, 0) is 14.1 Å². The zero-order valence-corrected chi connectivity index (χ0v) is 16.0. The van der Waals surface area contributed by atoms with Crippen LogP contribution in [0.25, 0.3) is 11.0 Å². The predicted molar refractivity (Wildman–Crippen MR) is 95.6 cm³/mol. The van der Waals surface area contributed by atoms with E-state index in [1.807, 2.05) is 24.3 Å². The van der Waals surface area contributed by atoms with E-state index in [9.17, 15) is 4.79 Å². The summed E-state index contributed by atoms with van der Waals surface area (Å²) in [6.45, 7) is 0. The summed E-state index contributed by atoms with van der Waals surface area (Å²) >= 11 is 15.3. The van der Waals surface area contributed by atoms with Crippen LogP contribution in [0.1, 0.15) is 15.8 Å². The SMILES string of the molecule is Cn1c(=O)n(C)c2cc(C(Cl)c3ccc(Br)s3)c(Br)cc21. The predicted octanol–water partition coefficient (Wildman–Crippen LogP) is 4.79. The van der Waals surface area contributed by atoms with Crippen molar-refractivity contribution in [3.8, 4) is 0 Å². The lowest BCUT2D eigenvalue weighted by Crippen LogP contribution is -2.19. The molecule has 0 aliphatic heterocycles. The molecule has 0 spiro atoms. The first kappa shape index (κ1) is 15.3. The van der Waals surface area contributed by atoms with Crippen LogP contribution >= 0.6 is 54.8 Å². The largest absolute Gasteiger partial charge is 0.328 e. The smallest absolute Gasteiger partial charge is 0.295 e. The number of hydrogen-bond acceptors (Lipinski definition) is 2. The Balaban J connectivity index is 2.21. The fourth-order valence-electron chi connectivity index (χ4n) is 2.35. The van der Waals surface area contributed by atoms with E-state index in [0.717, 1.165) is 29.7 Å². The van der Waals surface area contributed by atoms with E-state index in [1.54, 1.807) is 34.6 Å². The van der Waals surface area contributed by atoms with E-state index in [1.165, 1.54) is 0 Å². The van der Waals surface area contributed by atoms with Crippen molar-refractivity contribution in [3.05, 3.63) is 53.4 Å². The molecule has 0 bridgehead atoms. The molecule has 1 aromatic carbocycles. The van der Waals surface area contributed by atoms with Gasteiger partial charge >= 0.3 is 5.69 Å². The van der Waals surface area contributed by atoms with Gasteiger partial charge in [-0.15, -0.1) is 22.9 Å². The average molecular weight is 451 g/mol. The highest BCUT2D eigenvalue weighted by Crippen LogP contribution is 2.39. The van der Waals surface area contributed by atoms with Crippen molar-refractivity contribution in [3.63, 3.8) is 0 Å². The summed E-state index contributed by atoms with van der Waals surface area (Å²) in [5.41, 5.74) is 2.68. The van der Waals surface area contributed by atoms with Gasteiger partial charge in [-0.1, -0.05) is 15.9 Å².